The van der Waals surface area contributed by atoms with Gasteiger partial charge in [-0.25, -0.2) is 13.2 Å². The van der Waals surface area contributed by atoms with Crippen LogP contribution in [0.25, 0.3) is 22.1 Å². The number of hydrogen-bond donors (Lipinski definition) is 0. The first-order valence-corrected chi connectivity index (χ1v) is 10.5. The summed E-state index contributed by atoms with van der Waals surface area (Å²) in [5.41, 5.74) is 1.16. The summed E-state index contributed by atoms with van der Waals surface area (Å²) in [6.07, 6.45) is 1.77. The molecule has 0 radical (unpaired) electrons. The Morgan fingerprint density at radius 1 is 1.00 bits per heavy atom. The molecule has 2 aromatic carbocycles. The molecule has 0 unspecified atom stereocenters. The van der Waals surface area contributed by atoms with E-state index in [2.05, 4.69) is 6.92 Å². The van der Waals surface area contributed by atoms with Gasteiger partial charge in [0.15, 0.2) is 0 Å². The fourth-order valence-electron chi connectivity index (χ4n) is 3.44. The quantitative estimate of drug-likeness (QED) is 0.644. The Morgan fingerprint density at radius 2 is 1.67 bits per heavy atom. The molecule has 0 atom stereocenters. The van der Waals surface area contributed by atoms with Gasteiger partial charge < -0.3 is 4.42 Å². The molecule has 4 rings (SSSR count). The summed E-state index contributed by atoms with van der Waals surface area (Å²) in [6, 6.07) is 15.5. The lowest BCUT2D eigenvalue weighted by Crippen LogP contribution is -2.37. The van der Waals surface area contributed by atoms with Crippen LogP contribution in [0.4, 0.5) is 0 Å². The zero-order valence-electron chi connectivity index (χ0n) is 15.1. The van der Waals surface area contributed by atoms with Gasteiger partial charge in [0.2, 0.25) is 10.0 Å². The predicted molar refractivity (Wildman–Crippen MR) is 105 cm³/mol. The monoisotopic (exact) mass is 383 g/mol. The highest BCUT2D eigenvalue weighted by Gasteiger charge is 2.28. The van der Waals surface area contributed by atoms with E-state index >= 15 is 0 Å². The number of benzene rings is 2. The average Bonchev–Trinajstić information content (AvgIpc) is 2.68. The normalized spacial score (nSPS) is 16.6. The summed E-state index contributed by atoms with van der Waals surface area (Å²) in [6.45, 7) is 3.26. The molecular weight excluding hydrogens is 362 g/mol. The van der Waals surface area contributed by atoms with Gasteiger partial charge in [0, 0.05) is 18.5 Å². The molecule has 2 heterocycles. The molecule has 0 N–H and O–H groups in total. The number of nitrogens with zero attached hydrogens (tertiary/aromatic N) is 1. The Balaban J connectivity index is 1.66. The maximum atomic E-state index is 12.8. The first kappa shape index (κ1) is 17.9. The Kier molecular flexibility index (Phi) is 4.61. The smallest absolute Gasteiger partial charge is 0.344 e. The van der Waals surface area contributed by atoms with Crippen molar-refractivity contribution in [3.8, 4) is 11.1 Å². The number of fused-ring (bicyclic) bond motifs is 1. The highest BCUT2D eigenvalue weighted by molar-refractivity contribution is 7.89. The van der Waals surface area contributed by atoms with Gasteiger partial charge in [-0.05, 0) is 48.6 Å². The highest BCUT2D eigenvalue weighted by atomic mass is 32.2. The number of sulfonamides is 1. The molecule has 0 amide bonds. The minimum absolute atomic E-state index is 0.256. The van der Waals surface area contributed by atoms with Crippen molar-refractivity contribution in [3.63, 3.8) is 0 Å². The van der Waals surface area contributed by atoms with Crippen LogP contribution in [0.5, 0.6) is 0 Å². The first-order chi connectivity index (χ1) is 12.9. The zero-order chi connectivity index (χ0) is 19.0. The van der Waals surface area contributed by atoms with Gasteiger partial charge in [0.05, 0.1) is 10.5 Å². The number of para-hydroxylation sites is 1. The van der Waals surface area contributed by atoms with E-state index in [1.807, 2.05) is 18.2 Å². The molecule has 0 aliphatic carbocycles. The molecule has 27 heavy (non-hydrogen) atoms. The largest absolute Gasteiger partial charge is 0.422 e. The average molecular weight is 383 g/mol. The van der Waals surface area contributed by atoms with E-state index in [1.54, 1.807) is 40.7 Å². The maximum Gasteiger partial charge on any atom is 0.344 e. The number of rotatable bonds is 3. The predicted octanol–water partition coefficient (Wildman–Crippen LogP) is 3.88. The van der Waals surface area contributed by atoms with Crippen molar-refractivity contribution >= 4 is 21.0 Å². The Bertz CT molecular complexity index is 1120. The molecular formula is C21H21NO4S. The van der Waals surface area contributed by atoms with Crippen LogP contribution in [0.3, 0.4) is 0 Å². The summed E-state index contributed by atoms with van der Waals surface area (Å²) in [5, 5.41) is 0.825. The van der Waals surface area contributed by atoms with E-state index in [0.29, 0.717) is 35.7 Å². The minimum atomic E-state index is -3.50. The lowest BCUT2D eigenvalue weighted by molar-refractivity contribution is 0.288. The van der Waals surface area contributed by atoms with Crippen LogP contribution in [0.15, 0.2) is 68.7 Å². The van der Waals surface area contributed by atoms with Gasteiger partial charge in [-0.2, -0.15) is 4.31 Å². The van der Waals surface area contributed by atoms with Crippen LogP contribution in [0, 0.1) is 5.92 Å². The van der Waals surface area contributed by atoms with E-state index in [4.69, 9.17) is 4.42 Å². The van der Waals surface area contributed by atoms with Crippen LogP contribution in [0.1, 0.15) is 19.8 Å². The second kappa shape index (κ2) is 6.94. The molecule has 1 saturated heterocycles. The molecule has 1 aliphatic heterocycles. The van der Waals surface area contributed by atoms with Gasteiger partial charge in [-0.3, -0.25) is 0 Å². The fraction of sp³-hybridized carbons (Fsp3) is 0.286. The standard InChI is InChI=1S/C21H21NO4S/c1-15-10-12-22(13-11-15)27(24,25)18-8-6-16(7-9-18)19-14-17-4-2-3-5-20(17)26-21(19)23/h2-9,14-15H,10-13H2,1H3. The third kappa shape index (κ3) is 3.42. The van der Waals surface area contributed by atoms with Crippen molar-refractivity contribution < 1.29 is 12.8 Å². The molecule has 6 heteroatoms. The Morgan fingerprint density at radius 3 is 2.37 bits per heavy atom. The van der Waals surface area contributed by atoms with E-state index in [0.717, 1.165) is 18.2 Å². The fourth-order valence-corrected chi connectivity index (χ4v) is 4.91. The maximum absolute atomic E-state index is 12.8. The summed E-state index contributed by atoms with van der Waals surface area (Å²) < 4.78 is 32.6. The lowest BCUT2D eigenvalue weighted by Gasteiger charge is -2.29. The molecule has 0 spiro atoms. The molecule has 0 bridgehead atoms. The second-order valence-corrected chi connectivity index (χ2v) is 9.03. The van der Waals surface area contributed by atoms with Crippen molar-refractivity contribution in [2.45, 2.75) is 24.7 Å². The molecule has 140 valence electrons. The zero-order valence-corrected chi connectivity index (χ0v) is 15.9. The van der Waals surface area contributed by atoms with Crippen LogP contribution >= 0.6 is 0 Å². The van der Waals surface area contributed by atoms with Crippen molar-refractivity contribution in [2.75, 3.05) is 13.1 Å². The van der Waals surface area contributed by atoms with Crippen LogP contribution < -0.4 is 5.63 Å². The van der Waals surface area contributed by atoms with Crippen LogP contribution in [-0.2, 0) is 10.0 Å². The van der Waals surface area contributed by atoms with E-state index in [9.17, 15) is 13.2 Å². The molecule has 3 aromatic rings. The van der Waals surface area contributed by atoms with Crippen molar-refractivity contribution in [1.82, 2.24) is 4.31 Å². The van der Waals surface area contributed by atoms with Gasteiger partial charge in [0.1, 0.15) is 5.58 Å². The van der Waals surface area contributed by atoms with E-state index in [-0.39, 0.29) is 4.90 Å². The minimum Gasteiger partial charge on any atom is -0.422 e. The number of piperidine rings is 1. The molecule has 0 saturated carbocycles. The lowest BCUT2D eigenvalue weighted by atomic mass is 10.0. The SMILES string of the molecule is CC1CCN(S(=O)(=O)c2ccc(-c3cc4ccccc4oc3=O)cc2)CC1. The Labute approximate surface area is 158 Å². The summed E-state index contributed by atoms with van der Waals surface area (Å²) in [5.74, 6) is 0.561. The third-order valence-corrected chi connectivity index (χ3v) is 7.10. The topological polar surface area (TPSA) is 67.6 Å². The summed E-state index contributed by atoms with van der Waals surface area (Å²) in [7, 11) is -3.50. The molecule has 1 aromatic heterocycles. The van der Waals surface area contributed by atoms with Gasteiger partial charge in [0.25, 0.3) is 0 Å². The summed E-state index contributed by atoms with van der Waals surface area (Å²) in [4.78, 5) is 12.6. The third-order valence-electron chi connectivity index (χ3n) is 5.19. The number of hydrogen-bond acceptors (Lipinski definition) is 4. The van der Waals surface area contributed by atoms with Gasteiger partial charge >= 0.3 is 5.63 Å². The second-order valence-electron chi connectivity index (χ2n) is 7.10. The molecule has 5 nitrogen and oxygen atoms in total. The van der Waals surface area contributed by atoms with Crippen molar-refractivity contribution in [2.24, 2.45) is 5.92 Å². The first-order valence-electron chi connectivity index (χ1n) is 9.08. The van der Waals surface area contributed by atoms with E-state index in [1.165, 1.54) is 0 Å². The summed E-state index contributed by atoms with van der Waals surface area (Å²) >= 11 is 0. The van der Waals surface area contributed by atoms with Crippen molar-refractivity contribution in [3.05, 3.63) is 65.0 Å². The van der Waals surface area contributed by atoms with Crippen LogP contribution in [0.2, 0.25) is 0 Å². The van der Waals surface area contributed by atoms with Gasteiger partial charge in [-0.1, -0.05) is 37.3 Å². The van der Waals surface area contributed by atoms with Crippen molar-refractivity contribution in [1.29, 1.82) is 0 Å². The van der Waals surface area contributed by atoms with Crippen LogP contribution in [-0.4, -0.2) is 25.8 Å². The van der Waals surface area contributed by atoms with Gasteiger partial charge in [-0.15, -0.1) is 0 Å². The highest BCUT2D eigenvalue weighted by Crippen LogP contribution is 2.26. The van der Waals surface area contributed by atoms with E-state index < -0.39 is 15.6 Å². The molecule has 1 aliphatic rings. The Hall–Kier alpha value is -2.44. The molecule has 1 fully saturated rings.